The summed E-state index contributed by atoms with van der Waals surface area (Å²) in [5.74, 6) is 0.0347. The zero-order valence-corrected chi connectivity index (χ0v) is 20.2. The second kappa shape index (κ2) is 10.7. The average molecular weight is 478 g/mol. The largest absolute Gasteiger partial charge is 0.391 e. The molecule has 4 rings (SSSR count). The molecular weight excluding hydrogens is 446 g/mol. The highest BCUT2D eigenvalue weighted by Crippen LogP contribution is 2.31. The van der Waals surface area contributed by atoms with Crippen molar-refractivity contribution >= 4 is 17.8 Å². The number of aliphatic hydroxyl groups excluding tert-OH is 1. The molecule has 0 radical (unpaired) electrons. The number of hydrogen-bond donors (Lipinski definition) is 4. The molecule has 3 aromatic rings. The lowest BCUT2D eigenvalue weighted by Crippen LogP contribution is -2.41. The maximum Gasteiger partial charge on any atom is 0.320 e. The lowest BCUT2D eigenvalue weighted by Gasteiger charge is -2.31. The highest BCUT2D eigenvalue weighted by Gasteiger charge is 2.30. The van der Waals surface area contributed by atoms with Gasteiger partial charge in [0, 0.05) is 19.7 Å². The number of carbonyl (C=O) groups is 2. The summed E-state index contributed by atoms with van der Waals surface area (Å²) in [6.45, 7) is 2.33. The molecule has 184 valence electrons. The number of aliphatic hydroxyl groups is 1. The van der Waals surface area contributed by atoms with E-state index >= 15 is 0 Å². The number of fused-ring (bicyclic) bond motifs is 1. The fourth-order valence-corrected chi connectivity index (χ4v) is 4.41. The third-order valence-electron chi connectivity index (χ3n) is 6.32. The second-order valence-electron chi connectivity index (χ2n) is 8.61. The van der Waals surface area contributed by atoms with Crippen LogP contribution < -0.4 is 16.0 Å². The zero-order chi connectivity index (χ0) is 24.9. The molecule has 3 amide bonds. The van der Waals surface area contributed by atoms with E-state index in [9.17, 15) is 14.7 Å². The van der Waals surface area contributed by atoms with Gasteiger partial charge >= 0.3 is 6.03 Å². The Morgan fingerprint density at radius 2 is 1.97 bits per heavy atom. The molecule has 0 saturated heterocycles. The van der Waals surface area contributed by atoms with Crippen molar-refractivity contribution in [2.75, 3.05) is 26.1 Å². The molecule has 0 bridgehead atoms. The first-order valence-electron chi connectivity index (χ1n) is 11.7. The predicted octanol–water partition coefficient (Wildman–Crippen LogP) is 2.90. The number of amides is 3. The van der Waals surface area contributed by atoms with Crippen LogP contribution in [0, 0.1) is 6.92 Å². The SMILES string of the molecule is CNC(=O)c1nn(-c2ccccc2)c(NC(=O)N[C@@H]2c3cc(CCOC)ccc3CC[C@H]2O)c1C. The number of ether oxygens (including phenoxy) is 1. The summed E-state index contributed by atoms with van der Waals surface area (Å²) < 4.78 is 6.72. The Hall–Kier alpha value is -3.69. The summed E-state index contributed by atoms with van der Waals surface area (Å²) in [6.07, 6.45) is 1.33. The topological polar surface area (TPSA) is 118 Å². The van der Waals surface area contributed by atoms with Crippen LogP contribution in [0.1, 0.15) is 45.2 Å². The fourth-order valence-electron chi connectivity index (χ4n) is 4.41. The molecular formula is C26H31N5O4. The van der Waals surface area contributed by atoms with Crippen molar-refractivity contribution in [2.45, 2.75) is 38.3 Å². The lowest BCUT2D eigenvalue weighted by molar-refractivity contribution is 0.0957. The molecule has 1 aliphatic rings. The Morgan fingerprint density at radius 1 is 1.20 bits per heavy atom. The third kappa shape index (κ3) is 5.21. The van der Waals surface area contributed by atoms with Gasteiger partial charge in [-0.05, 0) is 55.0 Å². The van der Waals surface area contributed by atoms with Crippen molar-refractivity contribution in [1.82, 2.24) is 20.4 Å². The molecule has 0 spiro atoms. The Bertz CT molecular complexity index is 1210. The van der Waals surface area contributed by atoms with Crippen LogP contribution in [0.2, 0.25) is 0 Å². The number of urea groups is 1. The van der Waals surface area contributed by atoms with E-state index in [2.05, 4.69) is 33.2 Å². The van der Waals surface area contributed by atoms with Crippen LogP contribution in [0.25, 0.3) is 5.69 Å². The van der Waals surface area contributed by atoms with E-state index in [0.29, 0.717) is 30.1 Å². The van der Waals surface area contributed by atoms with Crippen LogP contribution in [-0.4, -0.2) is 53.7 Å². The Morgan fingerprint density at radius 3 is 2.69 bits per heavy atom. The molecule has 35 heavy (non-hydrogen) atoms. The van der Waals surface area contributed by atoms with Crippen LogP contribution >= 0.6 is 0 Å². The quantitative estimate of drug-likeness (QED) is 0.417. The minimum atomic E-state index is -0.715. The lowest BCUT2D eigenvalue weighted by atomic mass is 9.84. The van der Waals surface area contributed by atoms with Gasteiger partial charge in [0.1, 0.15) is 5.82 Å². The van der Waals surface area contributed by atoms with Gasteiger partial charge in [-0.15, -0.1) is 0 Å². The van der Waals surface area contributed by atoms with Gasteiger partial charge in [-0.25, -0.2) is 9.48 Å². The number of benzene rings is 2. The molecule has 1 heterocycles. The highest BCUT2D eigenvalue weighted by atomic mass is 16.5. The van der Waals surface area contributed by atoms with Crippen LogP contribution in [0.3, 0.4) is 0 Å². The molecule has 4 N–H and O–H groups in total. The minimum absolute atomic E-state index is 0.220. The van der Waals surface area contributed by atoms with Crippen molar-refractivity contribution in [3.8, 4) is 5.69 Å². The van der Waals surface area contributed by atoms with E-state index in [1.165, 1.54) is 11.7 Å². The van der Waals surface area contributed by atoms with Crippen molar-refractivity contribution in [3.63, 3.8) is 0 Å². The molecule has 2 aromatic carbocycles. The maximum absolute atomic E-state index is 13.2. The van der Waals surface area contributed by atoms with Gasteiger partial charge in [-0.3, -0.25) is 10.1 Å². The molecule has 0 saturated carbocycles. The molecule has 9 nitrogen and oxygen atoms in total. The van der Waals surface area contributed by atoms with Crippen molar-refractivity contribution < 1.29 is 19.4 Å². The summed E-state index contributed by atoms with van der Waals surface area (Å²) in [4.78, 5) is 25.5. The molecule has 2 atom stereocenters. The van der Waals surface area contributed by atoms with Gasteiger partial charge in [0.05, 0.1) is 24.4 Å². The van der Waals surface area contributed by atoms with Crippen molar-refractivity contribution in [1.29, 1.82) is 0 Å². The normalized spacial score (nSPS) is 16.9. The van der Waals surface area contributed by atoms with Crippen LogP contribution in [0.5, 0.6) is 0 Å². The predicted molar refractivity (Wildman–Crippen MR) is 133 cm³/mol. The molecule has 9 heteroatoms. The number of hydrogen-bond acceptors (Lipinski definition) is 5. The summed E-state index contributed by atoms with van der Waals surface area (Å²) in [5.41, 5.74) is 4.56. The summed E-state index contributed by atoms with van der Waals surface area (Å²) in [7, 11) is 3.19. The number of carbonyl (C=O) groups excluding carboxylic acids is 2. The number of anilines is 1. The monoisotopic (exact) mass is 477 g/mol. The first-order valence-corrected chi connectivity index (χ1v) is 11.7. The molecule has 1 aromatic heterocycles. The first kappa shape index (κ1) is 24.4. The van der Waals surface area contributed by atoms with Crippen molar-refractivity contribution in [2.24, 2.45) is 0 Å². The molecule has 0 aliphatic heterocycles. The van der Waals surface area contributed by atoms with Gasteiger partial charge in [-0.2, -0.15) is 5.10 Å². The number of nitrogens with one attached hydrogen (secondary N) is 3. The third-order valence-corrected chi connectivity index (χ3v) is 6.32. The van der Waals surface area contributed by atoms with Crippen molar-refractivity contribution in [3.05, 3.63) is 76.5 Å². The summed E-state index contributed by atoms with van der Waals surface area (Å²) in [5, 5.41) is 23.6. The second-order valence-corrected chi connectivity index (χ2v) is 8.61. The Balaban J connectivity index is 1.62. The smallest absolute Gasteiger partial charge is 0.320 e. The van der Waals surface area contributed by atoms with E-state index in [0.717, 1.165) is 29.5 Å². The molecule has 1 aliphatic carbocycles. The summed E-state index contributed by atoms with van der Waals surface area (Å²) in [6, 6.07) is 14.4. The molecule has 0 fully saturated rings. The van der Waals surface area contributed by atoms with Gasteiger partial charge in [0.15, 0.2) is 5.69 Å². The van der Waals surface area contributed by atoms with Gasteiger partial charge in [0.2, 0.25) is 0 Å². The number of methoxy groups -OCH3 is 1. The van der Waals surface area contributed by atoms with Crippen LogP contribution in [0.4, 0.5) is 10.6 Å². The number of aryl methyl sites for hydroxylation is 1. The van der Waals surface area contributed by atoms with Gasteiger partial charge in [-0.1, -0.05) is 36.4 Å². The number of nitrogens with zero attached hydrogens (tertiary/aromatic N) is 2. The van der Waals surface area contributed by atoms with E-state index in [-0.39, 0.29) is 11.6 Å². The number of rotatable bonds is 7. The Labute approximate surface area is 204 Å². The minimum Gasteiger partial charge on any atom is -0.391 e. The maximum atomic E-state index is 13.2. The van der Waals surface area contributed by atoms with Gasteiger partial charge < -0.3 is 20.5 Å². The average Bonchev–Trinajstić information content (AvgIpc) is 3.20. The van der Waals surface area contributed by atoms with E-state index in [1.54, 1.807) is 14.0 Å². The van der Waals surface area contributed by atoms with Crippen LogP contribution in [-0.2, 0) is 17.6 Å². The van der Waals surface area contributed by atoms with E-state index in [4.69, 9.17) is 4.74 Å². The summed E-state index contributed by atoms with van der Waals surface area (Å²) >= 11 is 0. The van der Waals surface area contributed by atoms with E-state index in [1.807, 2.05) is 36.4 Å². The Kier molecular flexibility index (Phi) is 7.48. The fraction of sp³-hybridized carbons (Fsp3) is 0.346. The number of para-hydroxylation sites is 1. The molecule has 0 unspecified atom stereocenters. The highest BCUT2D eigenvalue weighted by molar-refractivity contribution is 5.97. The first-order chi connectivity index (χ1) is 16.9. The van der Waals surface area contributed by atoms with Gasteiger partial charge in [0.25, 0.3) is 5.91 Å². The van der Waals surface area contributed by atoms with Crippen LogP contribution in [0.15, 0.2) is 48.5 Å². The zero-order valence-electron chi connectivity index (χ0n) is 20.2. The standard InChI is InChI=1S/C26H31N5O4/c1-16-22(25(33)27-2)30-31(19-7-5-4-6-8-19)24(16)29-26(34)28-23-20-15-17(13-14-35-3)9-10-18(20)11-12-21(23)32/h4-10,15,21,23,32H,11-14H2,1-3H3,(H,27,33)(H2,28,29,34)/t21-,23-/m1/s1. The van der Waals surface area contributed by atoms with E-state index < -0.39 is 18.2 Å². The number of aromatic nitrogens is 2.